The van der Waals surface area contributed by atoms with E-state index in [1.54, 1.807) is 25.1 Å². The van der Waals surface area contributed by atoms with Crippen LogP contribution < -0.4 is 0 Å². The van der Waals surface area contributed by atoms with E-state index in [2.05, 4.69) is 0 Å². The maximum atomic E-state index is 10.9. The monoisotopic (exact) mass is 182 g/mol. The Morgan fingerprint density at radius 3 is 2.67 bits per heavy atom. The molecule has 0 saturated carbocycles. The first-order valence-corrected chi connectivity index (χ1v) is 3.78. The van der Waals surface area contributed by atoms with Gasteiger partial charge in [0.1, 0.15) is 0 Å². The Labute approximate surface area is 75.2 Å². The van der Waals surface area contributed by atoms with Gasteiger partial charge in [0.15, 0.2) is 6.29 Å². The summed E-state index contributed by atoms with van der Waals surface area (Å²) in [5.41, 5.74) is 1.13. The van der Waals surface area contributed by atoms with Crippen molar-refractivity contribution in [2.75, 3.05) is 0 Å². The van der Waals surface area contributed by atoms with E-state index in [1.165, 1.54) is 0 Å². The van der Waals surface area contributed by atoms with Crippen LogP contribution in [0, 0.1) is 6.92 Å². The van der Waals surface area contributed by atoms with E-state index in [0.717, 1.165) is 5.56 Å². The molecule has 0 unspecified atom stereocenters. The third-order valence-electron chi connectivity index (χ3n) is 1.56. The Morgan fingerprint density at radius 2 is 2.17 bits per heavy atom. The van der Waals surface area contributed by atoms with E-state index in [1.807, 2.05) is 0 Å². The highest BCUT2D eigenvalue weighted by atomic mass is 35.5. The first-order chi connectivity index (χ1) is 5.65. The number of Topliss-reactive ketones (excluding diaryl/α,β-unsaturated/α-hetero) is 1. The predicted octanol–water partition coefficient (Wildman–Crippen LogP) is 2.03. The summed E-state index contributed by atoms with van der Waals surface area (Å²) in [5, 5.41) is 0.565. The van der Waals surface area contributed by atoms with Gasteiger partial charge in [-0.1, -0.05) is 11.6 Å². The summed E-state index contributed by atoms with van der Waals surface area (Å²) in [7, 11) is 0. The van der Waals surface area contributed by atoms with Crippen molar-refractivity contribution in [3.05, 3.63) is 34.3 Å². The molecule has 0 atom stereocenters. The van der Waals surface area contributed by atoms with Crippen LogP contribution in [0.3, 0.4) is 0 Å². The number of carbonyl (C=O) groups excluding carboxylic acids is 2. The van der Waals surface area contributed by atoms with Gasteiger partial charge in [-0.25, -0.2) is 0 Å². The molecule has 0 aromatic heterocycles. The summed E-state index contributed by atoms with van der Waals surface area (Å²) >= 11 is 5.67. The highest BCUT2D eigenvalue weighted by Gasteiger charge is 2.06. The number of benzene rings is 1. The van der Waals surface area contributed by atoms with Gasteiger partial charge in [0.2, 0.25) is 5.78 Å². The Hall–Kier alpha value is -1.15. The molecule has 0 aliphatic carbocycles. The second kappa shape index (κ2) is 3.50. The number of aldehydes is 1. The highest BCUT2D eigenvalue weighted by Crippen LogP contribution is 2.14. The number of hydrogen-bond donors (Lipinski definition) is 0. The van der Waals surface area contributed by atoms with Gasteiger partial charge in [-0.15, -0.1) is 0 Å². The Morgan fingerprint density at radius 1 is 1.50 bits per heavy atom. The molecular formula is C9H7ClO2. The van der Waals surface area contributed by atoms with E-state index in [0.29, 0.717) is 16.9 Å². The van der Waals surface area contributed by atoms with Crippen molar-refractivity contribution in [2.24, 2.45) is 0 Å². The Kier molecular flexibility index (Phi) is 2.61. The zero-order valence-corrected chi connectivity index (χ0v) is 7.26. The molecule has 0 radical (unpaired) electrons. The Balaban J connectivity index is 3.18. The van der Waals surface area contributed by atoms with Crippen molar-refractivity contribution < 1.29 is 9.59 Å². The number of carbonyl (C=O) groups is 2. The van der Waals surface area contributed by atoms with Crippen LogP contribution in [0.2, 0.25) is 5.02 Å². The van der Waals surface area contributed by atoms with E-state index >= 15 is 0 Å². The molecule has 0 amide bonds. The second-order valence-corrected chi connectivity index (χ2v) is 2.88. The molecular weight excluding hydrogens is 176 g/mol. The maximum absolute atomic E-state index is 10.9. The molecule has 0 heterocycles. The Bertz CT molecular complexity index is 331. The quantitative estimate of drug-likeness (QED) is 0.399. The van der Waals surface area contributed by atoms with Gasteiger partial charge in [0.25, 0.3) is 0 Å². The molecule has 3 heteroatoms. The number of aryl methyl sites for hydroxylation is 1. The van der Waals surface area contributed by atoms with Crippen molar-refractivity contribution in [1.82, 2.24) is 0 Å². The summed E-state index contributed by atoms with van der Waals surface area (Å²) in [6.45, 7) is 1.74. The lowest BCUT2D eigenvalue weighted by Gasteiger charge is -1.99. The lowest BCUT2D eigenvalue weighted by atomic mass is 10.1. The highest BCUT2D eigenvalue weighted by molar-refractivity contribution is 6.34. The largest absolute Gasteiger partial charge is 0.294 e. The number of hydrogen-bond acceptors (Lipinski definition) is 2. The minimum absolute atomic E-state index is 0.302. The fourth-order valence-electron chi connectivity index (χ4n) is 0.967. The average Bonchev–Trinajstić information content (AvgIpc) is 2.03. The van der Waals surface area contributed by atoms with Gasteiger partial charge in [-0.3, -0.25) is 9.59 Å². The summed E-state index contributed by atoms with van der Waals surface area (Å²) < 4.78 is 0. The summed E-state index contributed by atoms with van der Waals surface area (Å²) in [5.74, 6) is -0.510. The van der Waals surface area contributed by atoms with Crippen LogP contribution in [0.1, 0.15) is 15.9 Å². The normalized spacial score (nSPS) is 9.50. The van der Waals surface area contributed by atoms with E-state index < -0.39 is 5.78 Å². The third kappa shape index (κ3) is 1.71. The fourth-order valence-corrected chi connectivity index (χ4v) is 1.19. The summed E-state index contributed by atoms with van der Waals surface area (Å²) in [4.78, 5) is 21.1. The van der Waals surface area contributed by atoms with Crippen LogP contribution in [0.15, 0.2) is 18.2 Å². The molecule has 0 aliphatic heterocycles. The van der Waals surface area contributed by atoms with Crippen LogP contribution in [0.5, 0.6) is 0 Å². The zero-order chi connectivity index (χ0) is 9.14. The standard InChI is InChI=1S/C9H7ClO2/c1-6-4-7(10)2-3-8(6)9(12)5-11/h2-5H,1H3. The number of halogens is 1. The lowest BCUT2D eigenvalue weighted by Crippen LogP contribution is -2.01. The van der Waals surface area contributed by atoms with Crippen LogP contribution in [0.4, 0.5) is 0 Å². The predicted molar refractivity (Wildman–Crippen MR) is 46.6 cm³/mol. The van der Waals surface area contributed by atoms with Gasteiger partial charge in [-0.2, -0.15) is 0 Å². The third-order valence-corrected chi connectivity index (χ3v) is 1.80. The van der Waals surface area contributed by atoms with Crippen molar-refractivity contribution in [2.45, 2.75) is 6.92 Å². The molecule has 1 aromatic carbocycles. The maximum Gasteiger partial charge on any atom is 0.225 e. The van der Waals surface area contributed by atoms with E-state index in [9.17, 15) is 9.59 Å². The van der Waals surface area contributed by atoms with Crippen LogP contribution in [-0.2, 0) is 4.79 Å². The van der Waals surface area contributed by atoms with Gasteiger partial charge in [-0.05, 0) is 30.7 Å². The molecule has 0 N–H and O–H groups in total. The lowest BCUT2D eigenvalue weighted by molar-refractivity contribution is -0.104. The number of rotatable bonds is 2. The molecule has 12 heavy (non-hydrogen) atoms. The van der Waals surface area contributed by atoms with Crippen LogP contribution in [0.25, 0.3) is 0 Å². The van der Waals surface area contributed by atoms with E-state index in [-0.39, 0.29) is 0 Å². The molecule has 1 rings (SSSR count). The van der Waals surface area contributed by atoms with Crippen molar-refractivity contribution in [1.29, 1.82) is 0 Å². The first-order valence-electron chi connectivity index (χ1n) is 3.41. The van der Waals surface area contributed by atoms with Crippen LogP contribution in [-0.4, -0.2) is 12.1 Å². The first kappa shape index (κ1) is 8.94. The number of ketones is 1. The SMILES string of the molecule is Cc1cc(Cl)ccc1C(=O)C=O. The van der Waals surface area contributed by atoms with E-state index in [4.69, 9.17) is 11.6 Å². The van der Waals surface area contributed by atoms with Crippen molar-refractivity contribution in [3.8, 4) is 0 Å². The molecule has 0 fully saturated rings. The summed E-state index contributed by atoms with van der Waals surface area (Å²) in [6, 6.07) is 4.79. The minimum Gasteiger partial charge on any atom is -0.294 e. The van der Waals surface area contributed by atoms with Gasteiger partial charge in [0.05, 0.1) is 0 Å². The molecule has 62 valence electrons. The minimum atomic E-state index is -0.510. The molecule has 2 nitrogen and oxygen atoms in total. The van der Waals surface area contributed by atoms with Crippen LogP contribution >= 0.6 is 11.6 Å². The summed E-state index contributed by atoms with van der Waals surface area (Å²) in [6.07, 6.45) is 0.302. The molecule has 1 aromatic rings. The van der Waals surface area contributed by atoms with Gasteiger partial charge >= 0.3 is 0 Å². The average molecular weight is 183 g/mol. The van der Waals surface area contributed by atoms with Crippen molar-refractivity contribution >= 4 is 23.7 Å². The van der Waals surface area contributed by atoms with Gasteiger partial charge < -0.3 is 0 Å². The molecule has 0 aliphatic rings. The molecule has 0 saturated heterocycles. The van der Waals surface area contributed by atoms with Crippen molar-refractivity contribution in [3.63, 3.8) is 0 Å². The molecule has 0 bridgehead atoms. The topological polar surface area (TPSA) is 34.1 Å². The second-order valence-electron chi connectivity index (χ2n) is 2.44. The van der Waals surface area contributed by atoms with Gasteiger partial charge in [0, 0.05) is 10.6 Å². The molecule has 0 spiro atoms. The smallest absolute Gasteiger partial charge is 0.225 e. The fraction of sp³-hybridized carbons (Fsp3) is 0.111. The zero-order valence-electron chi connectivity index (χ0n) is 6.50.